The maximum atomic E-state index is 11.6. The summed E-state index contributed by atoms with van der Waals surface area (Å²) >= 11 is 0. The van der Waals surface area contributed by atoms with Crippen LogP contribution in [-0.4, -0.2) is 11.6 Å². The fourth-order valence-corrected chi connectivity index (χ4v) is 1.87. The summed E-state index contributed by atoms with van der Waals surface area (Å²) < 4.78 is 5.35. The standard InChI is InChI=1S/C11H20O2/c1-8-6-5-7-9(8)10(12)13-11(2,3)4/h8-9H,5-7H2,1-4H3. The summed E-state index contributed by atoms with van der Waals surface area (Å²) in [6.07, 6.45) is 3.35. The van der Waals surface area contributed by atoms with Crippen molar-refractivity contribution >= 4 is 5.97 Å². The normalized spacial score (nSPS) is 28.9. The maximum Gasteiger partial charge on any atom is 0.309 e. The summed E-state index contributed by atoms with van der Waals surface area (Å²) in [5.41, 5.74) is -0.334. The van der Waals surface area contributed by atoms with Crippen molar-refractivity contribution < 1.29 is 9.53 Å². The van der Waals surface area contributed by atoms with Gasteiger partial charge in [-0.25, -0.2) is 0 Å². The number of carbonyl (C=O) groups is 1. The Morgan fingerprint density at radius 2 is 1.92 bits per heavy atom. The van der Waals surface area contributed by atoms with E-state index >= 15 is 0 Å². The molecule has 0 aromatic heterocycles. The summed E-state index contributed by atoms with van der Waals surface area (Å²) in [4.78, 5) is 11.6. The SMILES string of the molecule is CC1CCCC1C(=O)OC(C)(C)C. The zero-order valence-electron chi connectivity index (χ0n) is 9.09. The molecule has 0 amide bonds. The van der Waals surface area contributed by atoms with Crippen molar-refractivity contribution in [1.29, 1.82) is 0 Å². The lowest BCUT2D eigenvalue weighted by molar-refractivity contribution is -0.161. The summed E-state index contributed by atoms with van der Waals surface area (Å²) in [5, 5.41) is 0. The number of hydrogen-bond acceptors (Lipinski definition) is 2. The molecule has 0 spiro atoms. The number of hydrogen-bond donors (Lipinski definition) is 0. The predicted octanol–water partition coefficient (Wildman–Crippen LogP) is 2.76. The molecular formula is C11H20O2. The van der Waals surface area contributed by atoms with Crippen molar-refractivity contribution in [2.45, 2.75) is 52.6 Å². The first-order valence-electron chi connectivity index (χ1n) is 5.13. The van der Waals surface area contributed by atoms with E-state index in [1.165, 1.54) is 12.8 Å². The van der Waals surface area contributed by atoms with E-state index in [2.05, 4.69) is 6.92 Å². The van der Waals surface area contributed by atoms with Crippen molar-refractivity contribution in [3.63, 3.8) is 0 Å². The fraction of sp³-hybridized carbons (Fsp3) is 0.909. The Morgan fingerprint density at radius 3 is 2.31 bits per heavy atom. The molecule has 2 heteroatoms. The third-order valence-corrected chi connectivity index (χ3v) is 2.57. The molecule has 0 aromatic rings. The molecule has 1 aliphatic rings. The Hall–Kier alpha value is -0.530. The lowest BCUT2D eigenvalue weighted by Gasteiger charge is -2.23. The molecule has 2 unspecified atom stereocenters. The van der Waals surface area contributed by atoms with E-state index in [4.69, 9.17) is 4.74 Å². The molecule has 13 heavy (non-hydrogen) atoms. The average molecular weight is 184 g/mol. The molecule has 0 heterocycles. The van der Waals surface area contributed by atoms with Gasteiger partial charge in [-0.15, -0.1) is 0 Å². The third kappa shape index (κ3) is 3.02. The zero-order valence-corrected chi connectivity index (χ0v) is 9.09. The van der Waals surface area contributed by atoms with Gasteiger partial charge >= 0.3 is 5.97 Å². The Kier molecular flexibility index (Phi) is 2.99. The maximum absolute atomic E-state index is 11.6. The molecule has 0 aliphatic heterocycles. The smallest absolute Gasteiger partial charge is 0.309 e. The number of ether oxygens (including phenoxy) is 1. The van der Waals surface area contributed by atoms with Gasteiger partial charge in [-0.2, -0.15) is 0 Å². The van der Waals surface area contributed by atoms with Crippen molar-refractivity contribution in [2.24, 2.45) is 11.8 Å². The minimum absolute atomic E-state index is 0.00231. The third-order valence-electron chi connectivity index (χ3n) is 2.57. The molecule has 2 nitrogen and oxygen atoms in total. The molecule has 0 aromatic carbocycles. The van der Waals surface area contributed by atoms with E-state index in [1.807, 2.05) is 20.8 Å². The van der Waals surface area contributed by atoms with Crippen molar-refractivity contribution in [1.82, 2.24) is 0 Å². The molecular weight excluding hydrogens is 164 g/mol. The van der Waals surface area contributed by atoms with Crippen molar-refractivity contribution in [3.05, 3.63) is 0 Å². The van der Waals surface area contributed by atoms with Gasteiger partial charge in [0.05, 0.1) is 5.92 Å². The first kappa shape index (κ1) is 10.6. The predicted molar refractivity (Wildman–Crippen MR) is 52.4 cm³/mol. The van der Waals surface area contributed by atoms with Crippen LogP contribution in [0.3, 0.4) is 0 Å². The molecule has 0 bridgehead atoms. The molecule has 0 N–H and O–H groups in total. The first-order chi connectivity index (χ1) is 5.90. The zero-order chi connectivity index (χ0) is 10.1. The van der Waals surface area contributed by atoms with Crippen molar-refractivity contribution in [3.8, 4) is 0 Å². The van der Waals surface area contributed by atoms with Gasteiger partial charge in [-0.1, -0.05) is 13.3 Å². The second-order valence-electron chi connectivity index (χ2n) is 5.05. The van der Waals surface area contributed by atoms with E-state index in [0.29, 0.717) is 5.92 Å². The summed E-state index contributed by atoms with van der Waals surface area (Å²) in [6.45, 7) is 7.90. The van der Waals surface area contributed by atoms with E-state index in [0.717, 1.165) is 6.42 Å². The van der Waals surface area contributed by atoms with Crippen LogP contribution in [0.1, 0.15) is 47.0 Å². The summed E-state index contributed by atoms with van der Waals surface area (Å²) in [5.74, 6) is 0.659. The largest absolute Gasteiger partial charge is 0.460 e. The van der Waals surface area contributed by atoms with Gasteiger partial charge in [0.15, 0.2) is 0 Å². The van der Waals surface area contributed by atoms with Crippen LogP contribution < -0.4 is 0 Å². The molecule has 1 fully saturated rings. The lowest BCUT2D eigenvalue weighted by Crippen LogP contribution is -2.29. The van der Waals surface area contributed by atoms with Crippen LogP contribution in [0.15, 0.2) is 0 Å². The van der Waals surface area contributed by atoms with Gasteiger partial charge < -0.3 is 4.74 Å². The highest BCUT2D eigenvalue weighted by Gasteiger charge is 2.32. The van der Waals surface area contributed by atoms with Gasteiger partial charge in [-0.05, 0) is 39.5 Å². The lowest BCUT2D eigenvalue weighted by atomic mass is 9.98. The van der Waals surface area contributed by atoms with E-state index in [1.54, 1.807) is 0 Å². The van der Waals surface area contributed by atoms with E-state index in [9.17, 15) is 4.79 Å². The highest BCUT2D eigenvalue weighted by Crippen LogP contribution is 2.32. The van der Waals surface area contributed by atoms with Gasteiger partial charge in [0.2, 0.25) is 0 Å². The van der Waals surface area contributed by atoms with E-state index < -0.39 is 0 Å². The van der Waals surface area contributed by atoms with Gasteiger partial charge in [-0.3, -0.25) is 4.79 Å². The highest BCUT2D eigenvalue weighted by molar-refractivity contribution is 5.73. The van der Waals surface area contributed by atoms with Crippen LogP contribution in [0.4, 0.5) is 0 Å². The number of rotatable bonds is 1. The van der Waals surface area contributed by atoms with Crippen LogP contribution in [0.5, 0.6) is 0 Å². The summed E-state index contributed by atoms with van der Waals surface area (Å²) in [7, 11) is 0. The Balaban J connectivity index is 2.48. The van der Waals surface area contributed by atoms with E-state index in [-0.39, 0.29) is 17.5 Å². The molecule has 1 aliphatic carbocycles. The minimum atomic E-state index is -0.334. The van der Waals surface area contributed by atoms with Crippen LogP contribution in [-0.2, 0) is 9.53 Å². The number of esters is 1. The fourth-order valence-electron chi connectivity index (χ4n) is 1.87. The van der Waals surface area contributed by atoms with Crippen LogP contribution in [0.25, 0.3) is 0 Å². The Bertz CT molecular complexity index is 191. The molecule has 2 atom stereocenters. The second-order valence-corrected chi connectivity index (χ2v) is 5.05. The molecule has 1 rings (SSSR count). The van der Waals surface area contributed by atoms with Gasteiger partial charge in [0.1, 0.15) is 5.60 Å². The quantitative estimate of drug-likeness (QED) is 0.586. The topological polar surface area (TPSA) is 26.3 Å². The minimum Gasteiger partial charge on any atom is -0.460 e. The number of carbonyl (C=O) groups excluding carboxylic acids is 1. The molecule has 76 valence electrons. The average Bonchev–Trinajstić information content (AvgIpc) is 2.30. The van der Waals surface area contributed by atoms with Crippen LogP contribution in [0.2, 0.25) is 0 Å². The second kappa shape index (κ2) is 3.69. The molecule has 0 saturated heterocycles. The van der Waals surface area contributed by atoms with Crippen molar-refractivity contribution in [2.75, 3.05) is 0 Å². The Labute approximate surface area is 80.7 Å². The van der Waals surface area contributed by atoms with Gasteiger partial charge in [0, 0.05) is 0 Å². The van der Waals surface area contributed by atoms with Gasteiger partial charge in [0.25, 0.3) is 0 Å². The van der Waals surface area contributed by atoms with Crippen LogP contribution in [0, 0.1) is 11.8 Å². The monoisotopic (exact) mass is 184 g/mol. The highest BCUT2D eigenvalue weighted by atomic mass is 16.6. The summed E-state index contributed by atoms with van der Waals surface area (Å²) in [6, 6.07) is 0. The first-order valence-corrected chi connectivity index (χ1v) is 5.13. The Morgan fingerprint density at radius 1 is 1.31 bits per heavy atom. The van der Waals surface area contributed by atoms with Crippen LogP contribution >= 0.6 is 0 Å². The molecule has 0 radical (unpaired) electrons. The molecule has 1 saturated carbocycles.